The lowest BCUT2D eigenvalue weighted by molar-refractivity contribution is -0.127. The predicted molar refractivity (Wildman–Crippen MR) is 86.5 cm³/mol. The number of amides is 1. The van der Waals surface area contributed by atoms with Gasteiger partial charge in [0.2, 0.25) is 15.9 Å². The van der Waals surface area contributed by atoms with Crippen LogP contribution < -0.4 is 4.90 Å². The molecule has 1 aromatic heterocycles. The Kier molecular flexibility index (Phi) is 3.36. The molecule has 1 aliphatic carbocycles. The fraction of sp³-hybridized carbons (Fsp3) is 0.667. The van der Waals surface area contributed by atoms with Crippen LogP contribution in [0.15, 0.2) is 16.8 Å². The molecule has 0 N–H and O–H groups in total. The maximum Gasteiger partial charge on any atom is 0.234 e. The molecule has 1 amide bonds. The summed E-state index contributed by atoms with van der Waals surface area (Å²) in [5, 5.41) is 3.77. The maximum atomic E-state index is 12.9. The molecular weight excluding hydrogens is 320 g/mol. The van der Waals surface area contributed by atoms with Crippen LogP contribution in [0.2, 0.25) is 0 Å². The quantitative estimate of drug-likeness (QED) is 0.846. The Labute approximate surface area is 135 Å². The van der Waals surface area contributed by atoms with E-state index in [-0.39, 0.29) is 11.2 Å². The minimum atomic E-state index is -3.18. The van der Waals surface area contributed by atoms with Gasteiger partial charge in [-0.3, -0.25) is 4.79 Å². The summed E-state index contributed by atoms with van der Waals surface area (Å²) in [6, 6.07) is 1.96. The first-order valence-electron chi connectivity index (χ1n) is 7.86. The fourth-order valence-corrected chi connectivity index (χ4v) is 6.35. The van der Waals surface area contributed by atoms with Gasteiger partial charge in [-0.15, -0.1) is 0 Å². The zero-order valence-corrected chi connectivity index (χ0v) is 14.0. The summed E-state index contributed by atoms with van der Waals surface area (Å²) in [5.41, 5.74) is 0.455. The van der Waals surface area contributed by atoms with Crippen molar-refractivity contribution in [3.63, 3.8) is 0 Å². The first-order valence-corrected chi connectivity index (χ1v) is 10.3. The van der Waals surface area contributed by atoms with Crippen LogP contribution >= 0.6 is 11.3 Å². The number of piperidine rings is 1. The van der Waals surface area contributed by atoms with Crippen molar-refractivity contribution in [3.8, 4) is 0 Å². The molecular formula is C15H20N2O3S2. The third kappa shape index (κ3) is 2.21. The highest BCUT2D eigenvalue weighted by Crippen LogP contribution is 2.44. The molecule has 1 spiro atoms. The van der Waals surface area contributed by atoms with Crippen LogP contribution in [0, 0.1) is 5.41 Å². The van der Waals surface area contributed by atoms with Crippen LogP contribution in [0.25, 0.3) is 0 Å². The molecule has 7 heteroatoms. The van der Waals surface area contributed by atoms with E-state index in [1.807, 2.05) is 21.7 Å². The van der Waals surface area contributed by atoms with E-state index in [0.29, 0.717) is 19.6 Å². The topological polar surface area (TPSA) is 57.7 Å². The van der Waals surface area contributed by atoms with Gasteiger partial charge < -0.3 is 4.90 Å². The Morgan fingerprint density at radius 3 is 2.73 bits per heavy atom. The summed E-state index contributed by atoms with van der Waals surface area (Å²) < 4.78 is 26.6. The van der Waals surface area contributed by atoms with Gasteiger partial charge >= 0.3 is 0 Å². The van der Waals surface area contributed by atoms with E-state index in [2.05, 4.69) is 0 Å². The molecule has 1 atom stereocenters. The van der Waals surface area contributed by atoms with Crippen molar-refractivity contribution >= 4 is 33.0 Å². The molecule has 0 bridgehead atoms. The van der Waals surface area contributed by atoms with Crippen LogP contribution in [-0.2, 0) is 14.8 Å². The van der Waals surface area contributed by atoms with Gasteiger partial charge in [-0.1, -0.05) is 0 Å². The highest BCUT2D eigenvalue weighted by molar-refractivity contribution is 7.90. The van der Waals surface area contributed by atoms with Gasteiger partial charge in [-0.05, 0) is 43.6 Å². The summed E-state index contributed by atoms with van der Waals surface area (Å²) >= 11 is 1.58. The van der Waals surface area contributed by atoms with Gasteiger partial charge in [-0.2, -0.15) is 11.3 Å². The van der Waals surface area contributed by atoms with Gasteiger partial charge in [0.05, 0.1) is 16.4 Å². The van der Waals surface area contributed by atoms with Crippen molar-refractivity contribution in [3.05, 3.63) is 16.8 Å². The molecule has 22 heavy (non-hydrogen) atoms. The van der Waals surface area contributed by atoms with Crippen LogP contribution in [0.5, 0.6) is 0 Å². The second kappa shape index (κ2) is 5.04. The van der Waals surface area contributed by atoms with Crippen LogP contribution in [-0.4, -0.2) is 43.5 Å². The number of thiophene rings is 1. The van der Waals surface area contributed by atoms with E-state index in [4.69, 9.17) is 0 Å². The van der Waals surface area contributed by atoms with Gasteiger partial charge in [0.1, 0.15) is 0 Å². The number of carbonyl (C=O) groups is 1. The highest BCUT2D eigenvalue weighted by Gasteiger charge is 2.52. The summed E-state index contributed by atoms with van der Waals surface area (Å²) in [4.78, 5) is 14.8. The van der Waals surface area contributed by atoms with Crippen molar-refractivity contribution in [1.29, 1.82) is 0 Å². The smallest absolute Gasteiger partial charge is 0.234 e. The van der Waals surface area contributed by atoms with Crippen LogP contribution in [0.4, 0.5) is 5.69 Å². The van der Waals surface area contributed by atoms with Gasteiger partial charge in [0.15, 0.2) is 0 Å². The molecule has 5 nitrogen and oxygen atoms in total. The third-order valence-electron chi connectivity index (χ3n) is 5.18. The van der Waals surface area contributed by atoms with Gasteiger partial charge in [-0.25, -0.2) is 12.7 Å². The lowest BCUT2D eigenvalue weighted by Crippen LogP contribution is -2.50. The highest BCUT2D eigenvalue weighted by atomic mass is 32.2. The SMILES string of the molecule is O=C1N(c2ccsc2)CCC12CCCN(S(=O)(=O)C1CC1)C2. The molecule has 1 unspecified atom stereocenters. The molecule has 120 valence electrons. The Morgan fingerprint density at radius 2 is 2.05 bits per heavy atom. The van der Waals surface area contributed by atoms with Crippen molar-refractivity contribution in [2.24, 2.45) is 5.41 Å². The second-order valence-electron chi connectivity index (χ2n) is 6.65. The second-order valence-corrected chi connectivity index (χ2v) is 9.64. The molecule has 0 radical (unpaired) electrons. The zero-order valence-electron chi connectivity index (χ0n) is 12.4. The Balaban J connectivity index is 1.58. The summed E-state index contributed by atoms with van der Waals surface area (Å²) in [6.45, 7) is 1.66. The van der Waals surface area contributed by atoms with Crippen molar-refractivity contribution in [1.82, 2.24) is 4.31 Å². The average molecular weight is 340 g/mol. The van der Waals surface area contributed by atoms with Crippen molar-refractivity contribution in [2.75, 3.05) is 24.5 Å². The van der Waals surface area contributed by atoms with E-state index in [1.165, 1.54) is 0 Å². The van der Waals surface area contributed by atoms with Crippen LogP contribution in [0.3, 0.4) is 0 Å². The van der Waals surface area contributed by atoms with Gasteiger partial charge in [0.25, 0.3) is 0 Å². The van der Waals surface area contributed by atoms with E-state index in [0.717, 1.165) is 37.8 Å². The number of carbonyl (C=O) groups excluding carboxylic acids is 1. The molecule has 3 aliphatic rings. The minimum Gasteiger partial charge on any atom is -0.311 e. The number of rotatable bonds is 3. The molecule has 3 fully saturated rings. The lowest BCUT2D eigenvalue weighted by Gasteiger charge is -2.38. The standard InChI is InChI=1S/C15H20N2O3S2/c18-14-15(6-8-17(14)12-4-9-21-10-12)5-1-7-16(11-15)22(19,20)13-2-3-13/h4,9-10,13H,1-3,5-8,11H2. The monoisotopic (exact) mass is 340 g/mol. The van der Waals surface area contributed by atoms with Crippen molar-refractivity contribution in [2.45, 2.75) is 37.4 Å². The maximum absolute atomic E-state index is 12.9. The van der Waals surface area contributed by atoms with E-state index in [1.54, 1.807) is 15.6 Å². The number of anilines is 1. The normalized spacial score (nSPS) is 30.4. The number of hydrogen-bond acceptors (Lipinski definition) is 4. The Bertz CT molecular complexity index is 682. The fourth-order valence-electron chi connectivity index (χ4n) is 3.74. The van der Waals surface area contributed by atoms with Crippen molar-refractivity contribution < 1.29 is 13.2 Å². The molecule has 3 heterocycles. The zero-order chi connectivity index (χ0) is 15.4. The molecule has 2 saturated heterocycles. The Hall–Kier alpha value is -0.920. The number of hydrogen-bond donors (Lipinski definition) is 0. The molecule has 4 rings (SSSR count). The summed E-state index contributed by atoms with van der Waals surface area (Å²) in [5.74, 6) is 0.113. The lowest BCUT2D eigenvalue weighted by atomic mass is 9.79. The summed E-state index contributed by atoms with van der Waals surface area (Å²) in [7, 11) is -3.18. The molecule has 1 saturated carbocycles. The third-order valence-corrected chi connectivity index (χ3v) is 8.19. The van der Waals surface area contributed by atoms with Crippen LogP contribution in [0.1, 0.15) is 32.1 Å². The largest absolute Gasteiger partial charge is 0.311 e. The molecule has 0 aromatic carbocycles. The number of nitrogens with zero attached hydrogens (tertiary/aromatic N) is 2. The first kappa shape index (κ1) is 14.7. The molecule has 1 aromatic rings. The minimum absolute atomic E-state index is 0.113. The molecule has 2 aliphatic heterocycles. The first-order chi connectivity index (χ1) is 10.5. The van der Waals surface area contributed by atoms with Gasteiger partial charge in [0, 0.05) is 25.0 Å². The average Bonchev–Trinajstić information content (AvgIpc) is 3.17. The summed E-state index contributed by atoms with van der Waals surface area (Å²) in [6.07, 6.45) is 3.91. The van der Waals surface area contributed by atoms with E-state index in [9.17, 15) is 13.2 Å². The Morgan fingerprint density at radius 1 is 1.23 bits per heavy atom. The van der Waals surface area contributed by atoms with E-state index >= 15 is 0 Å². The van der Waals surface area contributed by atoms with E-state index < -0.39 is 15.4 Å². The number of sulfonamides is 1. The predicted octanol–water partition coefficient (Wildman–Crippen LogP) is 2.06.